The van der Waals surface area contributed by atoms with E-state index in [1.165, 1.54) is 23.7 Å². The Morgan fingerprint density at radius 1 is 1.16 bits per heavy atom. The molecule has 3 aromatic heterocycles. The Bertz CT molecular complexity index is 1430. The van der Waals surface area contributed by atoms with Gasteiger partial charge in [-0.05, 0) is 57.5 Å². The van der Waals surface area contributed by atoms with Crippen LogP contribution in [0.1, 0.15) is 38.8 Å². The second-order valence-electron chi connectivity index (χ2n) is 9.45. The minimum absolute atomic E-state index is 0.119. The molecule has 0 bridgehead atoms. The summed E-state index contributed by atoms with van der Waals surface area (Å²) in [5.41, 5.74) is 6.30. The molecule has 0 saturated carbocycles. The number of alkyl halides is 3. The van der Waals surface area contributed by atoms with E-state index < -0.39 is 11.9 Å². The van der Waals surface area contributed by atoms with Gasteiger partial charge in [0.05, 0.1) is 10.4 Å². The van der Waals surface area contributed by atoms with Gasteiger partial charge >= 0.3 is 6.18 Å². The first kappa shape index (κ1) is 26.1. The van der Waals surface area contributed by atoms with Gasteiger partial charge in [-0.1, -0.05) is 23.8 Å². The normalized spacial score (nSPS) is 16.7. The number of nitrogens with zero attached hydrogens (tertiary/aromatic N) is 5. The monoisotopic (exact) mass is 543 g/mol. The SMILES string of the molecule is CC(C)N1CCCCC1CNc1nc(C(F)(F)F)ccc1-c1cc(Oc2cccc3sc(N)nc23)ncn1. The highest BCUT2D eigenvalue weighted by molar-refractivity contribution is 7.22. The van der Waals surface area contributed by atoms with Crippen LogP contribution in [0, 0.1) is 0 Å². The van der Waals surface area contributed by atoms with Gasteiger partial charge in [0.2, 0.25) is 5.88 Å². The van der Waals surface area contributed by atoms with Crippen molar-refractivity contribution in [3.63, 3.8) is 0 Å². The second kappa shape index (κ2) is 10.7. The summed E-state index contributed by atoms with van der Waals surface area (Å²) < 4.78 is 47.5. The summed E-state index contributed by atoms with van der Waals surface area (Å²) in [4.78, 5) is 19.2. The fourth-order valence-electron chi connectivity index (χ4n) is 4.77. The van der Waals surface area contributed by atoms with E-state index in [-0.39, 0.29) is 17.7 Å². The molecule has 12 heteroatoms. The number of anilines is 2. The first-order chi connectivity index (χ1) is 18.2. The number of para-hydroxylation sites is 1. The predicted molar refractivity (Wildman–Crippen MR) is 142 cm³/mol. The van der Waals surface area contributed by atoms with Crippen LogP contribution in [0.15, 0.2) is 42.7 Å². The number of rotatable bonds is 7. The molecule has 1 atom stereocenters. The molecule has 1 saturated heterocycles. The van der Waals surface area contributed by atoms with Crippen LogP contribution in [0.2, 0.25) is 0 Å². The molecule has 8 nitrogen and oxygen atoms in total. The van der Waals surface area contributed by atoms with E-state index >= 15 is 0 Å². The van der Waals surface area contributed by atoms with E-state index in [1.54, 1.807) is 12.1 Å². The number of thiazole rings is 1. The number of hydrogen-bond acceptors (Lipinski definition) is 9. The smallest absolute Gasteiger partial charge is 0.433 e. The van der Waals surface area contributed by atoms with Crippen molar-refractivity contribution in [3.8, 4) is 22.9 Å². The van der Waals surface area contributed by atoms with Crippen molar-refractivity contribution in [1.29, 1.82) is 0 Å². The van der Waals surface area contributed by atoms with Gasteiger partial charge in [0.25, 0.3) is 0 Å². The number of likely N-dealkylation sites (tertiary alicyclic amines) is 1. The van der Waals surface area contributed by atoms with Crippen LogP contribution in [-0.4, -0.2) is 50.0 Å². The summed E-state index contributed by atoms with van der Waals surface area (Å²) in [7, 11) is 0. The summed E-state index contributed by atoms with van der Waals surface area (Å²) in [6.07, 6.45) is -0.0895. The Labute approximate surface area is 222 Å². The number of pyridine rings is 1. The van der Waals surface area contributed by atoms with Crippen LogP contribution in [0.3, 0.4) is 0 Å². The van der Waals surface area contributed by atoms with E-state index in [9.17, 15) is 13.2 Å². The average molecular weight is 544 g/mol. The number of benzene rings is 1. The van der Waals surface area contributed by atoms with Gasteiger partial charge in [-0.15, -0.1) is 0 Å². The molecule has 4 aromatic rings. The molecule has 1 fully saturated rings. The van der Waals surface area contributed by atoms with Gasteiger partial charge in [0, 0.05) is 30.3 Å². The van der Waals surface area contributed by atoms with E-state index in [1.807, 2.05) is 12.1 Å². The van der Waals surface area contributed by atoms with Crippen molar-refractivity contribution in [2.45, 2.75) is 51.4 Å². The average Bonchev–Trinajstić information content (AvgIpc) is 3.28. The zero-order valence-corrected chi connectivity index (χ0v) is 21.8. The third-order valence-corrected chi connectivity index (χ3v) is 7.41. The number of fused-ring (bicyclic) bond motifs is 1. The van der Waals surface area contributed by atoms with Crippen LogP contribution in [-0.2, 0) is 6.18 Å². The van der Waals surface area contributed by atoms with E-state index in [2.05, 4.69) is 44.0 Å². The van der Waals surface area contributed by atoms with E-state index in [0.717, 1.165) is 36.6 Å². The lowest BCUT2D eigenvalue weighted by Crippen LogP contribution is -2.47. The molecule has 4 heterocycles. The van der Waals surface area contributed by atoms with Crippen molar-refractivity contribution in [3.05, 3.63) is 48.4 Å². The summed E-state index contributed by atoms with van der Waals surface area (Å²) in [6, 6.07) is 9.92. The van der Waals surface area contributed by atoms with Crippen molar-refractivity contribution in [2.24, 2.45) is 0 Å². The Hall–Kier alpha value is -3.51. The minimum atomic E-state index is -4.57. The summed E-state index contributed by atoms with van der Waals surface area (Å²) in [6.45, 7) is 5.71. The lowest BCUT2D eigenvalue weighted by molar-refractivity contribution is -0.141. The number of piperidine rings is 1. The predicted octanol–water partition coefficient (Wildman–Crippen LogP) is 6.22. The molecule has 1 aromatic carbocycles. The first-order valence-corrected chi connectivity index (χ1v) is 13.2. The molecular formula is C26H28F3N7OS. The Morgan fingerprint density at radius 3 is 2.79 bits per heavy atom. The number of halogens is 3. The van der Waals surface area contributed by atoms with E-state index in [0.29, 0.717) is 40.2 Å². The highest BCUT2D eigenvalue weighted by Gasteiger charge is 2.33. The summed E-state index contributed by atoms with van der Waals surface area (Å²) >= 11 is 1.34. The lowest BCUT2D eigenvalue weighted by atomic mass is 10.00. The van der Waals surface area contributed by atoms with Gasteiger partial charge in [0.15, 0.2) is 10.9 Å². The molecule has 1 unspecified atom stereocenters. The third kappa shape index (κ3) is 5.65. The summed E-state index contributed by atoms with van der Waals surface area (Å²) in [5, 5.41) is 3.62. The molecule has 0 amide bonds. The molecule has 38 heavy (non-hydrogen) atoms. The van der Waals surface area contributed by atoms with Crippen molar-refractivity contribution in [1.82, 2.24) is 24.8 Å². The van der Waals surface area contributed by atoms with Gasteiger partial charge in [-0.2, -0.15) is 13.2 Å². The third-order valence-electron chi connectivity index (χ3n) is 6.56. The second-order valence-corrected chi connectivity index (χ2v) is 10.5. The highest BCUT2D eigenvalue weighted by atomic mass is 32.1. The highest BCUT2D eigenvalue weighted by Crippen LogP contribution is 2.36. The van der Waals surface area contributed by atoms with Crippen LogP contribution in [0.5, 0.6) is 11.6 Å². The van der Waals surface area contributed by atoms with Crippen LogP contribution in [0.4, 0.5) is 24.1 Å². The molecular weight excluding hydrogens is 515 g/mol. The first-order valence-electron chi connectivity index (χ1n) is 12.4. The maximum atomic E-state index is 13.5. The minimum Gasteiger partial charge on any atom is -0.437 e. The Balaban J connectivity index is 1.45. The molecule has 0 aliphatic carbocycles. The number of ether oxygens (including phenoxy) is 1. The van der Waals surface area contributed by atoms with Crippen molar-refractivity contribution >= 4 is 32.5 Å². The van der Waals surface area contributed by atoms with Crippen LogP contribution >= 0.6 is 11.3 Å². The lowest BCUT2D eigenvalue weighted by Gasteiger charge is -2.38. The number of aromatic nitrogens is 4. The standard InChI is InChI=1S/C26H28F3N7OS/c1-15(2)36-11-4-3-6-16(36)13-31-24-17(9-10-21(34-24)26(27,28)29)18-12-22(33-14-32-18)37-19-7-5-8-20-23(19)35-25(30)38-20/h5,7-10,12,14-16H,3-4,6,11,13H2,1-2H3,(H2,30,35)(H,31,34). The van der Waals surface area contributed by atoms with Crippen LogP contribution in [0.25, 0.3) is 21.5 Å². The number of nitrogens with two attached hydrogens (primary N) is 1. The zero-order valence-electron chi connectivity index (χ0n) is 21.0. The maximum absolute atomic E-state index is 13.5. The van der Waals surface area contributed by atoms with Crippen molar-refractivity contribution < 1.29 is 17.9 Å². The van der Waals surface area contributed by atoms with Crippen LogP contribution < -0.4 is 15.8 Å². The largest absolute Gasteiger partial charge is 0.437 e. The number of nitrogens with one attached hydrogen (secondary N) is 1. The molecule has 200 valence electrons. The molecule has 1 aliphatic heterocycles. The van der Waals surface area contributed by atoms with Crippen molar-refractivity contribution in [2.75, 3.05) is 24.1 Å². The zero-order chi connectivity index (χ0) is 26.9. The Kier molecular flexibility index (Phi) is 7.35. The number of nitrogen functional groups attached to an aromatic ring is 1. The molecule has 3 N–H and O–H groups in total. The fraction of sp³-hybridized carbons (Fsp3) is 0.385. The molecule has 0 radical (unpaired) electrons. The van der Waals surface area contributed by atoms with Gasteiger partial charge in [-0.3, -0.25) is 4.90 Å². The Morgan fingerprint density at radius 2 is 2.00 bits per heavy atom. The fourth-order valence-corrected chi connectivity index (χ4v) is 5.52. The maximum Gasteiger partial charge on any atom is 0.433 e. The molecule has 1 aliphatic rings. The topological polar surface area (TPSA) is 102 Å². The molecule has 0 spiro atoms. The van der Waals surface area contributed by atoms with Gasteiger partial charge in [0.1, 0.15) is 23.4 Å². The van der Waals surface area contributed by atoms with Gasteiger partial charge in [-0.25, -0.2) is 19.9 Å². The summed E-state index contributed by atoms with van der Waals surface area (Å²) in [5.74, 6) is 0.807. The number of hydrogen-bond donors (Lipinski definition) is 2. The molecule has 5 rings (SSSR count). The van der Waals surface area contributed by atoms with Gasteiger partial charge < -0.3 is 15.8 Å². The quantitative estimate of drug-likeness (QED) is 0.283. The van der Waals surface area contributed by atoms with E-state index in [4.69, 9.17) is 10.5 Å².